The molecule has 2 heterocycles. The molecule has 0 N–H and O–H groups in total. The minimum atomic E-state index is -1.76. The number of carbonyl (C=O) groups excluding carboxylic acids is 3. The highest BCUT2D eigenvalue weighted by atomic mass is 16.5. The molecule has 4 aliphatic rings. The maximum atomic E-state index is 14.0. The van der Waals surface area contributed by atoms with Crippen molar-refractivity contribution in [2.45, 2.75) is 38.0 Å². The molecule has 1 spiro atoms. The number of hydrogen-bond donors (Lipinski definition) is 0. The second-order valence-electron chi connectivity index (χ2n) is 8.94. The lowest BCUT2D eigenvalue weighted by atomic mass is 9.53. The van der Waals surface area contributed by atoms with Gasteiger partial charge in [0.05, 0.1) is 17.2 Å². The molecule has 5 rings (SSSR count). The van der Waals surface area contributed by atoms with E-state index >= 15 is 0 Å². The van der Waals surface area contributed by atoms with Crippen LogP contribution < -0.4 is 4.90 Å². The summed E-state index contributed by atoms with van der Waals surface area (Å²) >= 11 is 0. The highest BCUT2D eigenvalue weighted by molar-refractivity contribution is 6.17. The molecule has 6 heteroatoms. The molecule has 0 unspecified atom stereocenters. The fraction of sp³-hybridized carbons (Fsp3) is 0.455. The Kier molecular flexibility index (Phi) is 2.75. The minimum absolute atomic E-state index is 0.295. The molecule has 5 atom stereocenters. The van der Waals surface area contributed by atoms with E-state index in [-0.39, 0.29) is 17.5 Å². The molecule has 1 saturated carbocycles. The summed E-state index contributed by atoms with van der Waals surface area (Å²) in [7, 11) is 1.66. The second kappa shape index (κ2) is 4.44. The van der Waals surface area contributed by atoms with E-state index in [2.05, 4.69) is 11.4 Å². The Balaban J connectivity index is 2.08. The SMILES string of the molecule is [C-]#[N+][C@@]12C(=O)[C@H]3[C@@H](O[C@@]4(C(=O)N(C)c5cccc1c54)C3(C)C)C(=O)[C@@]2(C)C=C. The molecular formula is C22H20N2O4. The van der Waals surface area contributed by atoms with Gasteiger partial charge in [-0.3, -0.25) is 19.2 Å². The van der Waals surface area contributed by atoms with Crippen LogP contribution in [0.15, 0.2) is 30.9 Å². The van der Waals surface area contributed by atoms with Crippen LogP contribution in [-0.2, 0) is 30.3 Å². The van der Waals surface area contributed by atoms with Crippen molar-refractivity contribution in [3.05, 3.63) is 53.4 Å². The number of anilines is 1. The number of benzene rings is 1. The Labute approximate surface area is 163 Å². The Morgan fingerprint density at radius 1 is 1.21 bits per heavy atom. The van der Waals surface area contributed by atoms with Gasteiger partial charge in [0.1, 0.15) is 11.5 Å². The second-order valence-corrected chi connectivity index (χ2v) is 8.94. The van der Waals surface area contributed by atoms with Gasteiger partial charge in [-0.1, -0.05) is 26.0 Å². The first-order chi connectivity index (χ1) is 13.1. The molecule has 2 fully saturated rings. The Bertz CT molecular complexity index is 1080. The zero-order chi connectivity index (χ0) is 20.4. The monoisotopic (exact) mass is 376 g/mol. The van der Waals surface area contributed by atoms with Crippen molar-refractivity contribution < 1.29 is 19.1 Å². The summed E-state index contributed by atoms with van der Waals surface area (Å²) in [5.74, 6) is -1.88. The minimum Gasteiger partial charge on any atom is -0.348 e. The van der Waals surface area contributed by atoms with E-state index in [1.165, 1.54) is 11.0 Å². The lowest BCUT2D eigenvalue weighted by molar-refractivity contribution is -0.166. The predicted octanol–water partition coefficient (Wildman–Crippen LogP) is 2.37. The number of Topliss-reactive ketones (excluding diaryl/α,β-unsaturated/α-hetero) is 2. The number of fused-ring (bicyclic) bond motifs is 2. The van der Waals surface area contributed by atoms with Gasteiger partial charge in [-0.15, -0.1) is 6.58 Å². The Hall–Kier alpha value is -2.78. The number of amides is 1. The lowest BCUT2D eigenvalue weighted by Crippen LogP contribution is -2.64. The third kappa shape index (κ3) is 1.24. The van der Waals surface area contributed by atoms with Gasteiger partial charge in [0.15, 0.2) is 11.4 Å². The van der Waals surface area contributed by atoms with Crippen LogP contribution in [0.5, 0.6) is 0 Å². The van der Waals surface area contributed by atoms with E-state index in [1.54, 1.807) is 46.0 Å². The van der Waals surface area contributed by atoms with Crippen molar-refractivity contribution in [3.63, 3.8) is 0 Å². The zero-order valence-corrected chi connectivity index (χ0v) is 16.2. The zero-order valence-electron chi connectivity index (χ0n) is 16.2. The quantitative estimate of drug-likeness (QED) is 0.557. The molecule has 28 heavy (non-hydrogen) atoms. The number of ether oxygens (including phenoxy) is 1. The first-order valence-corrected chi connectivity index (χ1v) is 9.28. The summed E-state index contributed by atoms with van der Waals surface area (Å²) in [6.45, 7) is 17.1. The van der Waals surface area contributed by atoms with Crippen LogP contribution in [0.3, 0.4) is 0 Å². The number of nitrogens with zero attached hydrogens (tertiary/aromatic N) is 2. The Morgan fingerprint density at radius 3 is 2.50 bits per heavy atom. The van der Waals surface area contributed by atoms with Crippen molar-refractivity contribution in [2.75, 3.05) is 11.9 Å². The average molecular weight is 376 g/mol. The lowest BCUT2D eigenvalue weighted by Gasteiger charge is -2.44. The van der Waals surface area contributed by atoms with Crippen molar-refractivity contribution in [2.24, 2.45) is 16.7 Å². The number of rotatable bonds is 1. The predicted molar refractivity (Wildman–Crippen MR) is 100 cm³/mol. The van der Waals surface area contributed by atoms with Crippen LogP contribution in [0.1, 0.15) is 31.9 Å². The van der Waals surface area contributed by atoms with Crippen LogP contribution in [0.25, 0.3) is 4.85 Å². The summed E-state index contributed by atoms with van der Waals surface area (Å²) in [4.78, 5) is 46.5. The maximum absolute atomic E-state index is 14.0. The standard InChI is InChI=1S/C22H20N2O4/c1-7-20(4)17(26)15-14-16(25)21(20,23-5)11-9-8-10-12-13(11)22(28-15,19(14,2)3)18(27)24(12)6/h7-10,14-15H,1H2,2-4,6H3/t14-,15-,20-,21-,22+/m1/s1. The summed E-state index contributed by atoms with van der Waals surface area (Å²) < 4.78 is 6.32. The average Bonchev–Trinajstić information content (AvgIpc) is 3.03. The number of ketones is 2. The number of carbonyl (C=O) groups is 3. The van der Waals surface area contributed by atoms with E-state index in [4.69, 9.17) is 11.3 Å². The summed E-state index contributed by atoms with van der Waals surface area (Å²) in [6.07, 6.45) is 0.334. The summed E-state index contributed by atoms with van der Waals surface area (Å²) in [5, 5.41) is 0. The summed E-state index contributed by atoms with van der Waals surface area (Å²) in [5.41, 5.74) is -4.06. The van der Waals surface area contributed by atoms with Gasteiger partial charge in [0.2, 0.25) is 5.78 Å². The fourth-order valence-electron chi connectivity index (χ4n) is 6.18. The van der Waals surface area contributed by atoms with Gasteiger partial charge in [-0.05, 0) is 19.1 Å². The highest BCUT2D eigenvalue weighted by Gasteiger charge is 2.85. The molecule has 1 aromatic rings. The molecule has 2 aliphatic heterocycles. The smallest absolute Gasteiger partial charge is 0.330 e. The van der Waals surface area contributed by atoms with Gasteiger partial charge >= 0.3 is 5.54 Å². The van der Waals surface area contributed by atoms with Crippen LogP contribution >= 0.6 is 0 Å². The molecule has 142 valence electrons. The fourth-order valence-corrected chi connectivity index (χ4v) is 6.18. The molecule has 3 bridgehead atoms. The molecule has 1 saturated heterocycles. The van der Waals surface area contributed by atoms with Gasteiger partial charge in [0, 0.05) is 18.0 Å². The van der Waals surface area contributed by atoms with Crippen LogP contribution in [0, 0.1) is 23.3 Å². The molecule has 1 amide bonds. The van der Waals surface area contributed by atoms with Crippen molar-refractivity contribution in [3.8, 4) is 0 Å². The van der Waals surface area contributed by atoms with Gasteiger partial charge in [-0.25, -0.2) is 6.57 Å². The largest absolute Gasteiger partial charge is 0.348 e. The normalized spacial score (nSPS) is 41.7. The third-order valence-electron chi connectivity index (χ3n) is 7.78. The van der Waals surface area contributed by atoms with E-state index in [0.29, 0.717) is 16.8 Å². The maximum Gasteiger partial charge on any atom is 0.330 e. The van der Waals surface area contributed by atoms with Crippen molar-refractivity contribution in [1.82, 2.24) is 0 Å². The topological polar surface area (TPSA) is 68.0 Å². The number of likely N-dealkylation sites (N-methyl/N-ethyl adjacent to an activating group) is 1. The summed E-state index contributed by atoms with van der Waals surface area (Å²) in [6, 6.07) is 5.22. The number of hydrogen-bond acceptors (Lipinski definition) is 4. The van der Waals surface area contributed by atoms with E-state index < -0.39 is 34.0 Å². The van der Waals surface area contributed by atoms with Gasteiger partial charge in [0.25, 0.3) is 5.91 Å². The molecule has 6 nitrogen and oxygen atoms in total. The van der Waals surface area contributed by atoms with E-state index in [9.17, 15) is 14.4 Å². The highest BCUT2D eigenvalue weighted by Crippen LogP contribution is 2.71. The van der Waals surface area contributed by atoms with Gasteiger partial charge in [-0.2, -0.15) is 0 Å². The van der Waals surface area contributed by atoms with Crippen molar-refractivity contribution >= 4 is 23.2 Å². The molecule has 1 aromatic carbocycles. The molecule has 0 radical (unpaired) electrons. The molecular weight excluding hydrogens is 356 g/mol. The van der Waals surface area contributed by atoms with Gasteiger partial charge < -0.3 is 9.64 Å². The molecule has 2 aliphatic carbocycles. The first-order valence-electron chi connectivity index (χ1n) is 9.28. The molecule has 0 aromatic heterocycles. The van der Waals surface area contributed by atoms with Crippen LogP contribution in [0.4, 0.5) is 5.69 Å². The van der Waals surface area contributed by atoms with E-state index in [0.717, 1.165) is 0 Å². The third-order valence-corrected chi connectivity index (χ3v) is 7.78. The van der Waals surface area contributed by atoms with E-state index in [1.807, 2.05) is 0 Å². The van der Waals surface area contributed by atoms with Crippen LogP contribution in [0.2, 0.25) is 0 Å². The Morgan fingerprint density at radius 2 is 1.89 bits per heavy atom. The van der Waals surface area contributed by atoms with Crippen LogP contribution in [-0.4, -0.2) is 30.6 Å². The van der Waals surface area contributed by atoms with Crippen molar-refractivity contribution in [1.29, 1.82) is 0 Å². The first kappa shape index (κ1) is 17.3.